The van der Waals surface area contributed by atoms with Crippen molar-refractivity contribution in [1.82, 2.24) is 0 Å². The molecule has 68 valence electrons. The van der Waals surface area contributed by atoms with Gasteiger partial charge in [-0.25, -0.2) is 0 Å². The third-order valence-corrected chi connectivity index (χ3v) is 5.55. The van der Waals surface area contributed by atoms with E-state index in [1.54, 1.807) is 35.3 Å². The Morgan fingerprint density at radius 2 is 2.00 bits per heavy atom. The standard InChI is InChI=1S/C6H13ClOS3/c1-9-5(7)4-11-6(3-8)10-2/h5-6,8H,3-4H2,1-2H3. The average Bonchev–Trinajstić information content (AvgIpc) is 2.06. The van der Waals surface area contributed by atoms with Gasteiger partial charge in [0.25, 0.3) is 0 Å². The van der Waals surface area contributed by atoms with Gasteiger partial charge >= 0.3 is 0 Å². The molecular weight excluding hydrogens is 220 g/mol. The van der Waals surface area contributed by atoms with Crippen LogP contribution in [-0.2, 0) is 0 Å². The summed E-state index contributed by atoms with van der Waals surface area (Å²) in [5.41, 5.74) is 0. The van der Waals surface area contributed by atoms with Crippen LogP contribution in [0, 0.1) is 0 Å². The molecule has 2 unspecified atom stereocenters. The van der Waals surface area contributed by atoms with Gasteiger partial charge in [0.15, 0.2) is 0 Å². The molecular formula is C6H13ClOS3. The lowest BCUT2D eigenvalue weighted by molar-refractivity contribution is 0.316. The molecule has 0 radical (unpaired) electrons. The molecule has 0 aromatic carbocycles. The first kappa shape index (κ1) is 12.3. The molecule has 0 fully saturated rings. The number of halogens is 1. The minimum absolute atomic E-state index is 0.168. The summed E-state index contributed by atoms with van der Waals surface area (Å²) in [6, 6.07) is 0. The number of hydrogen-bond acceptors (Lipinski definition) is 4. The van der Waals surface area contributed by atoms with Gasteiger partial charge in [-0.05, 0) is 12.5 Å². The maximum Gasteiger partial charge on any atom is 0.0876 e. The van der Waals surface area contributed by atoms with Gasteiger partial charge in [0, 0.05) is 5.75 Å². The van der Waals surface area contributed by atoms with Crippen molar-refractivity contribution in [2.24, 2.45) is 0 Å². The summed E-state index contributed by atoms with van der Waals surface area (Å²) in [5, 5.41) is 8.82. The second-order valence-electron chi connectivity index (χ2n) is 1.83. The molecule has 0 aliphatic carbocycles. The Morgan fingerprint density at radius 1 is 1.36 bits per heavy atom. The molecule has 0 spiro atoms. The predicted molar refractivity (Wildman–Crippen MR) is 60.0 cm³/mol. The van der Waals surface area contributed by atoms with Crippen LogP contribution in [0.15, 0.2) is 0 Å². The fraction of sp³-hybridized carbons (Fsp3) is 1.00. The highest BCUT2D eigenvalue weighted by molar-refractivity contribution is 8.17. The molecule has 0 rings (SSSR count). The zero-order valence-electron chi connectivity index (χ0n) is 6.62. The smallest absolute Gasteiger partial charge is 0.0876 e. The van der Waals surface area contributed by atoms with Crippen molar-refractivity contribution in [2.75, 3.05) is 24.9 Å². The summed E-state index contributed by atoms with van der Waals surface area (Å²) < 4.78 is 0.449. The van der Waals surface area contributed by atoms with Crippen molar-refractivity contribution in [1.29, 1.82) is 0 Å². The Hall–Kier alpha value is 1.30. The molecule has 0 bridgehead atoms. The Kier molecular flexibility index (Phi) is 8.86. The van der Waals surface area contributed by atoms with Gasteiger partial charge in [-0.3, -0.25) is 0 Å². The summed E-state index contributed by atoms with van der Waals surface area (Å²) >= 11 is 10.9. The minimum atomic E-state index is 0.168. The van der Waals surface area contributed by atoms with E-state index in [1.807, 2.05) is 12.5 Å². The summed E-state index contributed by atoms with van der Waals surface area (Å²) in [4.78, 5) is 0. The SMILES string of the molecule is CSC(Cl)CSC(CO)SC. The molecule has 0 heterocycles. The van der Waals surface area contributed by atoms with E-state index in [1.165, 1.54) is 0 Å². The van der Waals surface area contributed by atoms with Crippen molar-refractivity contribution >= 4 is 46.9 Å². The molecule has 0 aromatic rings. The number of thioether (sulfide) groups is 3. The minimum Gasteiger partial charge on any atom is -0.394 e. The normalized spacial score (nSPS) is 16.4. The third kappa shape index (κ3) is 6.46. The fourth-order valence-corrected chi connectivity index (χ4v) is 2.85. The molecule has 0 saturated heterocycles. The fourth-order valence-electron chi connectivity index (χ4n) is 0.446. The molecule has 0 aliphatic rings. The molecule has 0 saturated carbocycles. The van der Waals surface area contributed by atoms with E-state index in [4.69, 9.17) is 16.7 Å². The summed E-state index contributed by atoms with van der Waals surface area (Å²) in [7, 11) is 0. The van der Waals surface area contributed by atoms with Crippen LogP contribution in [0.25, 0.3) is 0 Å². The van der Waals surface area contributed by atoms with Crippen LogP contribution in [0.3, 0.4) is 0 Å². The van der Waals surface area contributed by atoms with Gasteiger partial charge in [-0.2, -0.15) is 0 Å². The van der Waals surface area contributed by atoms with E-state index >= 15 is 0 Å². The topological polar surface area (TPSA) is 20.2 Å². The zero-order chi connectivity index (χ0) is 8.69. The molecule has 5 heteroatoms. The number of rotatable bonds is 6. The lowest BCUT2D eigenvalue weighted by Gasteiger charge is -2.12. The molecule has 2 atom stereocenters. The summed E-state index contributed by atoms with van der Waals surface area (Å²) in [6.07, 6.45) is 3.99. The van der Waals surface area contributed by atoms with Gasteiger partial charge in [-0.1, -0.05) is 0 Å². The molecule has 1 N–H and O–H groups in total. The lowest BCUT2D eigenvalue weighted by Crippen LogP contribution is -2.06. The Balaban J connectivity index is 3.34. The monoisotopic (exact) mass is 232 g/mol. The highest BCUT2D eigenvalue weighted by Gasteiger charge is 2.08. The number of hydrogen-bond donors (Lipinski definition) is 1. The largest absolute Gasteiger partial charge is 0.394 e. The Labute approximate surface area is 86.0 Å². The first-order valence-corrected chi connectivity index (χ1v) is 7.22. The molecule has 0 amide bonds. The van der Waals surface area contributed by atoms with Gasteiger partial charge in [0.2, 0.25) is 0 Å². The van der Waals surface area contributed by atoms with Crippen LogP contribution < -0.4 is 0 Å². The van der Waals surface area contributed by atoms with E-state index in [-0.39, 0.29) is 15.9 Å². The van der Waals surface area contributed by atoms with Crippen LogP contribution in [0.4, 0.5) is 0 Å². The van der Waals surface area contributed by atoms with Crippen LogP contribution >= 0.6 is 46.9 Å². The molecule has 0 aliphatic heterocycles. The first-order chi connectivity index (χ1) is 5.24. The van der Waals surface area contributed by atoms with Crippen LogP contribution in [0.1, 0.15) is 0 Å². The van der Waals surface area contributed by atoms with E-state index in [2.05, 4.69) is 0 Å². The molecule has 0 aromatic heterocycles. The Morgan fingerprint density at radius 3 is 2.36 bits per heavy atom. The molecule has 11 heavy (non-hydrogen) atoms. The number of aliphatic hydroxyl groups is 1. The zero-order valence-corrected chi connectivity index (χ0v) is 9.82. The lowest BCUT2D eigenvalue weighted by atomic mass is 10.9. The van der Waals surface area contributed by atoms with Gasteiger partial charge in [0.05, 0.1) is 15.9 Å². The Bertz CT molecular complexity index is 89.9. The van der Waals surface area contributed by atoms with Crippen LogP contribution in [-0.4, -0.2) is 39.3 Å². The molecule has 1 nitrogen and oxygen atoms in total. The van der Waals surface area contributed by atoms with Gasteiger partial charge in [-0.15, -0.1) is 46.9 Å². The highest BCUT2D eigenvalue weighted by Crippen LogP contribution is 2.25. The second kappa shape index (κ2) is 7.92. The van der Waals surface area contributed by atoms with E-state index < -0.39 is 0 Å². The van der Waals surface area contributed by atoms with E-state index in [9.17, 15) is 0 Å². The van der Waals surface area contributed by atoms with E-state index in [0.717, 1.165) is 5.75 Å². The summed E-state index contributed by atoms with van der Waals surface area (Å²) in [5.74, 6) is 0.898. The second-order valence-corrected chi connectivity index (χ2v) is 6.23. The van der Waals surface area contributed by atoms with Crippen molar-refractivity contribution in [3.05, 3.63) is 0 Å². The van der Waals surface area contributed by atoms with Crippen molar-refractivity contribution in [3.8, 4) is 0 Å². The maximum absolute atomic E-state index is 8.82. The third-order valence-electron chi connectivity index (χ3n) is 1.08. The highest BCUT2D eigenvalue weighted by atomic mass is 35.5. The number of aliphatic hydroxyl groups excluding tert-OH is 1. The van der Waals surface area contributed by atoms with E-state index in [0.29, 0.717) is 0 Å². The average molecular weight is 233 g/mol. The van der Waals surface area contributed by atoms with Gasteiger partial charge in [0.1, 0.15) is 0 Å². The van der Waals surface area contributed by atoms with Crippen LogP contribution in [0.2, 0.25) is 0 Å². The number of alkyl halides is 1. The van der Waals surface area contributed by atoms with Crippen molar-refractivity contribution < 1.29 is 5.11 Å². The van der Waals surface area contributed by atoms with Crippen molar-refractivity contribution in [2.45, 2.75) is 9.29 Å². The first-order valence-electron chi connectivity index (χ1n) is 3.16. The predicted octanol–water partition coefficient (Wildman–Crippen LogP) is 2.33. The van der Waals surface area contributed by atoms with Crippen molar-refractivity contribution in [3.63, 3.8) is 0 Å². The van der Waals surface area contributed by atoms with Crippen LogP contribution in [0.5, 0.6) is 0 Å². The quantitative estimate of drug-likeness (QED) is 0.560. The van der Waals surface area contributed by atoms with Gasteiger partial charge < -0.3 is 5.11 Å². The maximum atomic E-state index is 8.82. The summed E-state index contributed by atoms with van der Waals surface area (Å²) in [6.45, 7) is 0.226.